The van der Waals surface area contributed by atoms with Gasteiger partial charge in [-0.05, 0) is 43.9 Å². The molecule has 5 rings (SSSR count). The van der Waals surface area contributed by atoms with E-state index in [-0.39, 0.29) is 11.5 Å². The molecular weight excluding hydrogens is 386 g/mol. The molecule has 8 heteroatoms. The lowest BCUT2D eigenvalue weighted by atomic mass is 9.96. The van der Waals surface area contributed by atoms with E-state index in [0.29, 0.717) is 34.1 Å². The number of imidazole rings is 1. The molecule has 0 unspecified atom stereocenters. The summed E-state index contributed by atoms with van der Waals surface area (Å²) in [6, 6.07) is 6.16. The Morgan fingerprint density at radius 3 is 2.76 bits per heavy atom. The first-order valence-electron chi connectivity index (χ1n) is 9.74. The molecule has 1 aliphatic rings. The summed E-state index contributed by atoms with van der Waals surface area (Å²) < 4.78 is 0. The van der Waals surface area contributed by atoms with Crippen LogP contribution in [0.3, 0.4) is 0 Å². The average Bonchev–Trinajstić information content (AvgIpc) is 3.31. The number of aromatic amines is 2. The van der Waals surface area contributed by atoms with Crippen LogP contribution in [0.1, 0.15) is 45.4 Å². The summed E-state index contributed by atoms with van der Waals surface area (Å²) in [5, 5.41) is 0.522. The van der Waals surface area contributed by atoms with E-state index in [0.717, 1.165) is 35.3 Å². The summed E-state index contributed by atoms with van der Waals surface area (Å²) >= 11 is 1.30. The Morgan fingerprint density at radius 2 is 2.03 bits per heavy atom. The van der Waals surface area contributed by atoms with Crippen molar-refractivity contribution >= 4 is 38.5 Å². The zero-order valence-corrected chi connectivity index (χ0v) is 17.1. The number of carbonyl (C=O) groups is 1. The van der Waals surface area contributed by atoms with E-state index in [1.54, 1.807) is 0 Å². The topological polar surface area (TPSA) is 94.7 Å². The highest BCUT2D eigenvalue weighted by Gasteiger charge is 2.29. The van der Waals surface area contributed by atoms with Crippen molar-refractivity contribution in [1.82, 2.24) is 24.8 Å². The number of aryl methyl sites for hydroxylation is 2. The molecule has 0 atom stereocenters. The first-order valence-corrected chi connectivity index (χ1v) is 10.6. The number of nitrogens with one attached hydrogen (secondary N) is 2. The molecule has 0 radical (unpaired) electrons. The number of piperidine rings is 1. The van der Waals surface area contributed by atoms with Crippen LogP contribution in [0, 0.1) is 13.8 Å². The third-order valence-electron chi connectivity index (χ3n) is 5.83. The van der Waals surface area contributed by atoms with Gasteiger partial charge >= 0.3 is 0 Å². The van der Waals surface area contributed by atoms with E-state index in [4.69, 9.17) is 4.98 Å². The molecule has 0 spiro atoms. The Labute approximate surface area is 170 Å². The molecule has 3 aromatic heterocycles. The largest absolute Gasteiger partial charge is 0.342 e. The predicted molar refractivity (Wildman–Crippen MR) is 114 cm³/mol. The molecule has 29 heavy (non-hydrogen) atoms. The Bertz CT molecular complexity index is 1290. The van der Waals surface area contributed by atoms with Crippen molar-refractivity contribution in [3.63, 3.8) is 0 Å². The number of fused-ring (bicyclic) bond motifs is 2. The van der Waals surface area contributed by atoms with E-state index < -0.39 is 0 Å². The number of thiophene rings is 1. The molecule has 1 amide bonds. The van der Waals surface area contributed by atoms with Crippen molar-refractivity contribution in [3.8, 4) is 0 Å². The molecule has 1 saturated heterocycles. The molecular formula is C21H21N5O2S. The normalized spacial score (nSPS) is 15.4. The molecule has 0 aliphatic carbocycles. The second-order valence-corrected chi connectivity index (χ2v) is 8.63. The van der Waals surface area contributed by atoms with E-state index in [1.165, 1.54) is 23.2 Å². The second-order valence-electron chi connectivity index (χ2n) is 7.63. The fourth-order valence-electron chi connectivity index (χ4n) is 4.17. The van der Waals surface area contributed by atoms with Gasteiger partial charge in [0, 0.05) is 19.0 Å². The number of aromatic nitrogens is 4. The van der Waals surface area contributed by atoms with E-state index in [9.17, 15) is 9.59 Å². The quantitative estimate of drug-likeness (QED) is 0.532. The number of para-hydroxylation sites is 1. The summed E-state index contributed by atoms with van der Waals surface area (Å²) in [5.74, 6) is 1.32. The Kier molecular flexibility index (Phi) is 4.24. The van der Waals surface area contributed by atoms with E-state index >= 15 is 0 Å². The molecule has 1 aliphatic heterocycles. The minimum absolute atomic E-state index is 0.0104. The molecule has 4 heterocycles. The third kappa shape index (κ3) is 2.95. The summed E-state index contributed by atoms with van der Waals surface area (Å²) in [7, 11) is 0. The molecule has 7 nitrogen and oxygen atoms in total. The lowest BCUT2D eigenvalue weighted by Crippen LogP contribution is -2.38. The van der Waals surface area contributed by atoms with Gasteiger partial charge in [0.15, 0.2) is 0 Å². The van der Waals surface area contributed by atoms with Crippen molar-refractivity contribution in [2.45, 2.75) is 32.6 Å². The zero-order valence-electron chi connectivity index (χ0n) is 16.3. The first kappa shape index (κ1) is 18.1. The number of hydrogen-bond acceptors (Lipinski definition) is 5. The van der Waals surface area contributed by atoms with Gasteiger partial charge in [-0.25, -0.2) is 9.97 Å². The van der Waals surface area contributed by atoms with Crippen LogP contribution in [0.25, 0.3) is 21.3 Å². The van der Waals surface area contributed by atoms with Crippen LogP contribution in [-0.2, 0) is 0 Å². The lowest BCUT2D eigenvalue weighted by Gasteiger charge is -2.31. The summed E-state index contributed by atoms with van der Waals surface area (Å²) in [6.45, 7) is 5.25. The fraction of sp³-hybridized carbons (Fsp3) is 0.333. The van der Waals surface area contributed by atoms with Crippen molar-refractivity contribution in [1.29, 1.82) is 0 Å². The molecule has 4 aromatic rings. The van der Waals surface area contributed by atoms with Gasteiger partial charge in [-0.15, -0.1) is 11.3 Å². The summed E-state index contributed by atoms with van der Waals surface area (Å²) in [4.78, 5) is 43.4. The molecule has 0 bridgehead atoms. The van der Waals surface area contributed by atoms with Gasteiger partial charge in [0.25, 0.3) is 11.5 Å². The maximum absolute atomic E-state index is 13.1. The van der Waals surface area contributed by atoms with Crippen LogP contribution in [0.4, 0.5) is 0 Å². The van der Waals surface area contributed by atoms with Crippen LogP contribution in [-0.4, -0.2) is 43.8 Å². The Hall–Kier alpha value is -3.00. The van der Waals surface area contributed by atoms with Crippen molar-refractivity contribution in [2.24, 2.45) is 0 Å². The molecule has 148 valence electrons. The minimum Gasteiger partial charge on any atom is -0.342 e. The van der Waals surface area contributed by atoms with Crippen molar-refractivity contribution < 1.29 is 4.79 Å². The highest BCUT2D eigenvalue weighted by molar-refractivity contribution is 7.20. The SMILES string of the molecule is Cc1cccc2[nH]c(C3CCN(C(=O)c4sc5nc[nH]c(=O)c5c4C)CC3)nc12. The maximum Gasteiger partial charge on any atom is 0.264 e. The first-order chi connectivity index (χ1) is 14.0. The van der Waals surface area contributed by atoms with Crippen LogP contribution in [0.2, 0.25) is 0 Å². The number of likely N-dealkylation sites (tertiary alicyclic amines) is 1. The standard InChI is InChI=1S/C21H21N5O2S/c1-11-4-3-5-14-16(11)25-18(24-14)13-6-8-26(9-7-13)21(28)17-12(2)15-19(27)22-10-23-20(15)29-17/h3-5,10,13H,6-9H2,1-2H3,(H,24,25)(H,22,23,27). The van der Waals surface area contributed by atoms with Gasteiger partial charge < -0.3 is 14.9 Å². The number of benzene rings is 1. The lowest BCUT2D eigenvalue weighted by molar-refractivity contribution is 0.0715. The van der Waals surface area contributed by atoms with Crippen LogP contribution in [0.15, 0.2) is 29.3 Å². The second kappa shape index (κ2) is 6.81. The van der Waals surface area contributed by atoms with Crippen molar-refractivity contribution in [3.05, 3.63) is 56.7 Å². The van der Waals surface area contributed by atoms with Crippen LogP contribution >= 0.6 is 11.3 Å². The zero-order chi connectivity index (χ0) is 20.1. The number of H-pyrrole nitrogens is 2. The fourth-order valence-corrected chi connectivity index (χ4v) is 5.29. The summed E-state index contributed by atoms with van der Waals surface area (Å²) in [5.41, 5.74) is 3.79. The van der Waals surface area contributed by atoms with Crippen molar-refractivity contribution in [2.75, 3.05) is 13.1 Å². The average molecular weight is 407 g/mol. The van der Waals surface area contributed by atoms with E-state index in [2.05, 4.69) is 34.0 Å². The van der Waals surface area contributed by atoms with Crippen LogP contribution < -0.4 is 5.56 Å². The Morgan fingerprint density at radius 1 is 1.24 bits per heavy atom. The Balaban J connectivity index is 1.35. The monoisotopic (exact) mass is 407 g/mol. The third-order valence-corrected chi connectivity index (χ3v) is 7.02. The minimum atomic E-state index is -0.193. The van der Waals surface area contributed by atoms with Gasteiger partial charge in [0.2, 0.25) is 0 Å². The number of rotatable bonds is 2. The van der Waals surface area contributed by atoms with Gasteiger partial charge in [-0.1, -0.05) is 12.1 Å². The number of amides is 1. The number of nitrogens with zero attached hydrogens (tertiary/aromatic N) is 3. The number of carbonyl (C=O) groups excluding carboxylic acids is 1. The smallest absolute Gasteiger partial charge is 0.264 e. The van der Waals surface area contributed by atoms with Crippen LogP contribution in [0.5, 0.6) is 0 Å². The van der Waals surface area contributed by atoms with Gasteiger partial charge in [-0.3, -0.25) is 9.59 Å². The predicted octanol–water partition coefficient (Wildman–Crippen LogP) is 3.50. The summed E-state index contributed by atoms with van der Waals surface area (Å²) in [6.07, 6.45) is 3.12. The molecule has 2 N–H and O–H groups in total. The highest BCUT2D eigenvalue weighted by Crippen LogP contribution is 2.32. The highest BCUT2D eigenvalue weighted by atomic mass is 32.1. The van der Waals surface area contributed by atoms with Gasteiger partial charge in [0.05, 0.1) is 27.6 Å². The molecule has 1 fully saturated rings. The molecule has 1 aromatic carbocycles. The maximum atomic E-state index is 13.1. The number of hydrogen-bond donors (Lipinski definition) is 2. The molecule has 0 saturated carbocycles. The van der Waals surface area contributed by atoms with Gasteiger partial charge in [0.1, 0.15) is 10.7 Å². The van der Waals surface area contributed by atoms with E-state index in [1.807, 2.05) is 17.9 Å². The van der Waals surface area contributed by atoms with Gasteiger partial charge in [-0.2, -0.15) is 0 Å².